The lowest BCUT2D eigenvalue weighted by Crippen LogP contribution is -2.41. The molecular weight excluding hydrogens is 484 g/mol. The van der Waals surface area contributed by atoms with Crippen molar-refractivity contribution in [1.82, 2.24) is 0 Å². The molecular formula is C26H30B2F2O7. The molecule has 11 heteroatoms. The zero-order chi connectivity index (χ0) is 27.7. The van der Waals surface area contributed by atoms with E-state index >= 15 is 0 Å². The first-order valence-electron chi connectivity index (χ1n) is 12.0. The van der Waals surface area contributed by atoms with Crippen molar-refractivity contribution in [2.45, 2.75) is 77.8 Å². The normalized spacial score (nSPS) is 21.4. The molecule has 0 bridgehead atoms. The molecule has 0 radical (unpaired) electrons. The van der Waals surface area contributed by atoms with Crippen LogP contribution in [0.5, 0.6) is 0 Å². The van der Waals surface area contributed by atoms with Crippen LogP contribution in [0.4, 0.5) is 8.78 Å². The number of hydrogen-bond acceptors (Lipinski definition) is 6. The van der Waals surface area contributed by atoms with Crippen LogP contribution in [0.25, 0.3) is 0 Å². The SMILES string of the molecule is CC1(C)OB(c2cc(C(=O)O)cc(C(=O)c3cc(B4OC(C)(C)C(C)(C)O4)c(F)cc3F)c2)OC1(C)C. The van der Waals surface area contributed by atoms with Gasteiger partial charge in [0, 0.05) is 17.1 Å². The highest BCUT2D eigenvalue weighted by molar-refractivity contribution is 6.63. The van der Waals surface area contributed by atoms with E-state index in [-0.39, 0.29) is 22.1 Å². The maximum atomic E-state index is 14.9. The van der Waals surface area contributed by atoms with Crippen LogP contribution >= 0.6 is 0 Å². The third-order valence-corrected chi connectivity index (χ3v) is 7.83. The van der Waals surface area contributed by atoms with E-state index in [0.717, 1.165) is 12.1 Å². The average Bonchev–Trinajstić information content (AvgIpc) is 3.12. The summed E-state index contributed by atoms with van der Waals surface area (Å²) in [6.07, 6.45) is 0. The smallest absolute Gasteiger partial charge is 0.478 e. The van der Waals surface area contributed by atoms with Crippen LogP contribution in [0, 0.1) is 11.6 Å². The highest BCUT2D eigenvalue weighted by Crippen LogP contribution is 2.38. The lowest BCUT2D eigenvalue weighted by Gasteiger charge is -2.32. The minimum absolute atomic E-state index is 0.116. The first-order chi connectivity index (χ1) is 16.8. The molecule has 0 spiro atoms. The van der Waals surface area contributed by atoms with Crippen molar-refractivity contribution in [2.75, 3.05) is 0 Å². The molecule has 2 aliphatic rings. The number of carbonyl (C=O) groups is 2. The van der Waals surface area contributed by atoms with E-state index in [0.29, 0.717) is 6.07 Å². The van der Waals surface area contributed by atoms with E-state index in [1.54, 1.807) is 27.7 Å². The molecule has 196 valence electrons. The molecule has 2 aliphatic heterocycles. The van der Waals surface area contributed by atoms with Crippen LogP contribution in [0.2, 0.25) is 0 Å². The Morgan fingerprint density at radius 3 is 1.62 bits per heavy atom. The van der Waals surface area contributed by atoms with Gasteiger partial charge >= 0.3 is 20.2 Å². The van der Waals surface area contributed by atoms with Gasteiger partial charge in [0.1, 0.15) is 11.6 Å². The van der Waals surface area contributed by atoms with Crippen molar-refractivity contribution < 1.29 is 42.1 Å². The fourth-order valence-electron chi connectivity index (χ4n) is 4.07. The molecule has 2 aromatic rings. The van der Waals surface area contributed by atoms with Crippen LogP contribution in [-0.2, 0) is 18.6 Å². The minimum Gasteiger partial charge on any atom is -0.478 e. The Labute approximate surface area is 215 Å². The lowest BCUT2D eigenvalue weighted by molar-refractivity contribution is 0.00578. The first kappa shape index (κ1) is 27.4. The molecule has 0 amide bonds. The van der Waals surface area contributed by atoms with Crippen LogP contribution in [0.1, 0.15) is 81.7 Å². The van der Waals surface area contributed by atoms with Crippen LogP contribution in [0.15, 0.2) is 30.3 Å². The van der Waals surface area contributed by atoms with Gasteiger partial charge < -0.3 is 23.7 Å². The molecule has 2 saturated heterocycles. The second-order valence-corrected chi connectivity index (χ2v) is 11.5. The van der Waals surface area contributed by atoms with Gasteiger partial charge in [-0.3, -0.25) is 4.79 Å². The summed E-state index contributed by atoms with van der Waals surface area (Å²) < 4.78 is 53.5. The number of carboxylic acid groups (broad SMARTS) is 1. The summed E-state index contributed by atoms with van der Waals surface area (Å²) in [5, 5.41) is 9.66. The maximum absolute atomic E-state index is 14.9. The van der Waals surface area contributed by atoms with E-state index in [1.165, 1.54) is 12.1 Å². The summed E-state index contributed by atoms with van der Waals surface area (Å²) in [5.74, 6) is -4.15. The van der Waals surface area contributed by atoms with Gasteiger partial charge in [-0.05, 0) is 79.1 Å². The molecule has 37 heavy (non-hydrogen) atoms. The summed E-state index contributed by atoms with van der Waals surface area (Å²) in [7, 11) is -2.11. The molecule has 0 saturated carbocycles. The largest absolute Gasteiger partial charge is 0.497 e. The Morgan fingerprint density at radius 2 is 1.14 bits per heavy atom. The molecule has 2 heterocycles. The summed E-state index contributed by atoms with van der Waals surface area (Å²) in [6, 6.07) is 5.53. The molecule has 0 aliphatic carbocycles. The number of hydrogen-bond donors (Lipinski definition) is 1. The molecule has 7 nitrogen and oxygen atoms in total. The van der Waals surface area contributed by atoms with Gasteiger partial charge in [-0.25, -0.2) is 13.6 Å². The summed E-state index contributed by atoms with van der Waals surface area (Å²) in [4.78, 5) is 25.3. The fraction of sp³-hybridized carbons (Fsp3) is 0.462. The summed E-state index contributed by atoms with van der Waals surface area (Å²) >= 11 is 0. The van der Waals surface area contributed by atoms with Crippen molar-refractivity contribution in [1.29, 1.82) is 0 Å². The van der Waals surface area contributed by atoms with Crippen LogP contribution in [0.3, 0.4) is 0 Å². The topological polar surface area (TPSA) is 91.3 Å². The highest BCUT2D eigenvalue weighted by Gasteiger charge is 2.53. The Hall–Kier alpha value is -2.59. The second kappa shape index (κ2) is 8.73. The predicted octanol–water partition coefficient (Wildman–Crippen LogP) is 3.49. The van der Waals surface area contributed by atoms with E-state index in [2.05, 4.69) is 0 Å². The highest BCUT2D eigenvalue weighted by atomic mass is 19.1. The fourth-order valence-corrected chi connectivity index (χ4v) is 4.07. The summed E-state index contributed by atoms with van der Waals surface area (Å²) in [5.41, 5.74) is -3.59. The average molecular weight is 514 g/mol. The molecule has 2 fully saturated rings. The first-order valence-corrected chi connectivity index (χ1v) is 12.0. The molecule has 0 atom stereocenters. The van der Waals surface area contributed by atoms with E-state index in [9.17, 15) is 23.5 Å². The van der Waals surface area contributed by atoms with Crippen molar-refractivity contribution >= 4 is 36.9 Å². The number of ketones is 1. The van der Waals surface area contributed by atoms with Crippen LogP contribution < -0.4 is 10.9 Å². The summed E-state index contributed by atoms with van der Waals surface area (Å²) in [6.45, 7) is 14.5. The number of rotatable bonds is 5. The van der Waals surface area contributed by atoms with Gasteiger partial charge in [0.2, 0.25) is 0 Å². The number of carboxylic acids is 1. The quantitative estimate of drug-likeness (QED) is 0.483. The lowest BCUT2D eigenvalue weighted by atomic mass is 9.75. The van der Waals surface area contributed by atoms with Gasteiger partial charge in [-0.15, -0.1) is 0 Å². The van der Waals surface area contributed by atoms with Gasteiger partial charge in [0.15, 0.2) is 5.78 Å². The Morgan fingerprint density at radius 1 is 0.676 bits per heavy atom. The minimum atomic E-state index is -1.29. The van der Waals surface area contributed by atoms with Gasteiger partial charge in [-0.1, -0.05) is 6.07 Å². The van der Waals surface area contributed by atoms with Gasteiger partial charge in [-0.2, -0.15) is 0 Å². The van der Waals surface area contributed by atoms with E-state index < -0.39 is 65.6 Å². The molecule has 0 unspecified atom stereocenters. The van der Waals surface area contributed by atoms with Crippen molar-refractivity contribution in [2.24, 2.45) is 0 Å². The molecule has 2 aromatic carbocycles. The monoisotopic (exact) mass is 514 g/mol. The molecule has 1 N–H and O–H groups in total. The van der Waals surface area contributed by atoms with E-state index in [4.69, 9.17) is 18.6 Å². The van der Waals surface area contributed by atoms with Crippen molar-refractivity contribution in [3.05, 3.63) is 58.7 Å². The Balaban J connectivity index is 1.75. The predicted molar refractivity (Wildman–Crippen MR) is 135 cm³/mol. The Bertz CT molecular complexity index is 1260. The van der Waals surface area contributed by atoms with Crippen molar-refractivity contribution in [3.63, 3.8) is 0 Å². The number of halogens is 2. The van der Waals surface area contributed by atoms with E-state index in [1.807, 2.05) is 27.7 Å². The van der Waals surface area contributed by atoms with Gasteiger partial charge in [0.05, 0.1) is 33.5 Å². The van der Waals surface area contributed by atoms with Gasteiger partial charge in [0.25, 0.3) is 0 Å². The zero-order valence-corrected chi connectivity index (χ0v) is 22.2. The number of benzene rings is 2. The number of carbonyl (C=O) groups excluding carboxylic acids is 1. The Kier molecular flexibility index (Phi) is 6.47. The number of aromatic carboxylic acids is 1. The zero-order valence-electron chi connectivity index (χ0n) is 22.2. The second-order valence-electron chi connectivity index (χ2n) is 11.5. The maximum Gasteiger partial charge on any atom is 0.497 e. The van der Waals surface area contributed by atoms with Crippen molar-refractivity contribution in [3.8, 4) is 0 Å². The third-order valence-electron chi connectivity index (χ3n) is 7.83. The standard InChI is InChI=1S/C26H30B2F2O7/c1-23(2)24(3,4)35-27(34-23)16-10-14(9-15(11-16)22(32)33)21(31)17-12-18(20(30)13-19(17)29)28-36-25(5,6)26(7,8)37-28/h9-13H,1-8H3,(H,32,33). The van der Waals surface area contributed by atoms with Crippen LogP contribution in [-0.4, -0.2) is 53.5 Å². The third kappa shape index (κ3) is 4.74. The molecule has 0 aromatic heterocycles. The molecule has 4 rings (SSSR count).